The first kappa shape index (κ1) is 19.6. The maximum absolute atomic E-state index is 13.0. The minimum atomic E-state index is -3.81. The van der Waals surface area contributed by atoms with Gasteiger partial charge in [-0.25, -0.2) is 8.42 Å². The van der Waals surface area contributed by atoms with Gasteiger partial charge in [-0.3, -0.25) is 14.1 Å². The molecule has 1 aromatic heterocycles. The van der Waals surface area contributed by atoms with E-state index in [2.05, 4.69) is 10.3 Å². The van der Waals surface area contributed by atoms with Crippen LogP contribution in [0.25, 0.3) is 10.9 Å². The number of rotatable bonds is 5. The lowest BCUT2D eigenvalue weighted by Crippen LogP contribution is -2.26. The smallest absolute Gasteiger partial charge is 0.264 e. The van der Waals surface area contributed by atoms with Gasteiger partial charge in [0.05, 0.1) is 28.0 Å². The molecule has 0 fully saturated rings. The summed E-state index contributed by atoms with van der Waals surface area (Å²) in [4.78, 5) is 17.1. The number of sulfonamides is 1. The molecule has 1 heterocycles. The summed E-state index contributed by atoms with van der Waals surface area (Å²) in [5.74, 6) is -0.411. The molecule has 0 spiro atoms. The summed E-state index contributed by atoms with van der Waals surface area (Å²) < 4.78 is 27.2. The lowest BCUT2D eigenvalue weighted by atomic mass is 10.2. The Kier molecular flexibility index (Phi) is 5.20. The van der Waals surface area contributed by atoms with E-state index in [0.29, 0.717) is 11.4 Å². The van der Waals surface area contributed by atoms with Crippen molar-refractivity contribution >= 4 is 38.2 Å². The first-order chi connectivity index (χ1) is 14.4. The van der Waals surface area contributed by atoms with E-state index >= 15 is 0 Å². The highest BCUT2D eigenvalue weighted by Crippen LogP contribution is 2.23. The molecule has 1 N–H and O–H groups in total. The molecular formula is C23H19N3O3S. The minimum absolute atomic E-state index is 0.0399. The van der Waals surface area contributed by atoms with E-state index in [1.807, 2.05) is 36.4 Å². The standard InChI is InChI=1S/C23H19N3O3S/c1-26(20-10-3-2-4-11-20)30(28,29)21-12-7-9-18(15-21)23(27)25-19-14-17-8-5-6-13-22(17)24-16-19/h2-16H,1H3,(H,25,27). The van der Waals surface area contributed by atoms with Gasteiger partial charge in [-0.15, -0.1) is 0 Å². The maximum atomic E-state index is 13.0. The largest absolute Gasteiger partial charge is 0.321 e. The maximum Gasteiger partial charge on any atom is 0.264 e. The molecule has 4 aromatic rings. The third-order valence-corrected chi connectivity index (χ3v) is 6.50. The van der Waals surface area contributed by atoms with E-state index in [9.17, 15) is 13.2 Å². The summed E-state index contributed by atoms with van der Waals surface area (Å²) in [6.07, 6.45) is 1.57. The van der Waals surface area contributed by atoms with Gasteiger partial charge >= 0.3 is 0 Å². The second-order valence-corrected chi connectivity index (χ2v) is 8.68. The number of carbonyl (C=O) groups excluding carboxylic acids is 1. The van der Waals surface area contributed by atoms with Crippen LogP contribution in [-0.4, -0.2) is 26.4 Å². The van der Waals surface area contributed by atoms with Crippen molar-refractivity contribution < 1.29 is 13.2 Å². The second-order valence-electron chi connectivity index (χ2n) is 6.71. The fourth-order valence-electron chi connectivity index (χ4n) is 3.08. The molecule has 4 rings (SSSR count). The van der Waals surface area contributed by atoms with Crippen molar-refractivity contribution in [1.82, 2.24) is 4.98 Å². The number of aromatic nitrogens is 1. The summed E-state index contributed by atoms with van der Waals surface area (Å²) in [5, 5.41) is 3.68. The summed E-state index contributed by atoms with van der Waals surface area (Å²) in [5.41, 5.74) is 2.14. The zero-order chi connectivity index (χ0) is 21.1. The Morgan fingerprint density at radius 3 is 2.43 bits per heavy atom. The van der Waals surface area contributed by atoms with Crippen LogP contribution in [0.5, 0.6) is 0 Å². The Hall–Kier alpha value is -3.71. The highest BCUT2D eigenvalue weighted by Gasteiger charge is 2.22. The molecule has 30 heavy (non-hydrogen) atoms. The van der Waals surface area contributed by atoms with Crippen LogP contribution in [0.3, 0.4) is 0 Å². The molecule has 0 radical (unpaired) electrons. The Morgan fingerprint density at radius 2 is 1.63 bits per heavy atom. The Bertz CT molecular complexity index is 1320. The normalized spacial score (nSPS) is 11.2. The van der Waals surface area contributed by atoms with E-state index in [1.165, 1.54) is 23.5 Å². The third kappa shape index (κ3) is 3.88. The topological polar surface area (TPSA) is 79.4 Å². The quantitative estimate of drug-likeness (QED) is 0.525. The van der Waals surface area contributed by atoms with Gasteiger partial charge in [0, 0.05) is 18.0 Å². The summed E-state index contributed by atoms with van der Waals surface area (Å²) >= 11 is 0. The fourth-order valence-corrected chi connectivity index (χ4v) is 4.32. The van der Waals surface area contributed by atoms with Crippen molar-refractivity contribution in [3.05, 3.63) is 96.7 Å². The van der Waals surface area contributed by atoms with E-state index < -0.39 is 15.9 Å². The predicted molar refractivity (Wildman–Crippen MR) is 118 cm³/mol. The van der Waals surface area contributed by atoms with Crippen LogP contribution in [0.1, 0.15) is 10.4 Å². The number of nitrogens with one attached hydrogen (secondary N) is 1. The molecular weight excluding hydrogens is 398 g/mol. The Morgan fingerprint density at radius 1 is 0.900 bits per heavy atom. The molecule has 0 aliphatic carbocycles. The van der Waals surface area contributed by atoms with Crippen molar-refractivity contribution in [3.8, 4) is 0 Å². The molecule has 1 amide bonds. The Labute approximate surface area is 174 Å². The lowest BCUT2D eigenvalue weighted by molar-refractivity contribution is 0.102. The van der Waals surface area contributed by atoms with E-state index in [4.69, 9.17) is 0 Å². The molecule has 0 atom stereocenters. The zero-order valence-corrected chi connectivity index (χ0v) is 17.0. The SMILES string of the molecule is CN(c1ccccc1)S(=O)(=O)c1cccc(C(=O)Nc2cnc3ccccc3c2)c1. The molecule has 0 bridgehead atoms. The van der Waals surface area contributed by atoms with Crippen LogP contribution in [0.15, 0.2) is 96.0 Å². The van der Waals surface area contributed by atoms with Gasteiger partial charge in [0.25, 0.3) is 15.9 Å². The average Bonchev–Trinajstić information content (AvgIpc) is 2.79. The number of benzene rings is 3. The number of hydrogen-bond donors (Lipinski definition) is 1. The van der Waals surface area contributed by atoms with Crippen molar-refractivity contribution in [2.24, 2.45) is 0 Å². The molecule has 7 heteroatoms. The number of nitrogens with zero attached hydrogens (tertiary/aromatic N) is 2. The highest BCUT2D eigenvalue weighted by atomic mass is 32.2. The van der Waals surface area contributed by atoms with Crippen LogP contribution in [0, 0.1) is 0 Å². The van der Waals surface area contributed by atoms with Crippen LogP contribution in [0.4, 0.5) is 11.4 Å². The molecule has 3 aromatic carbocycles. The van der Waals surface area contributed by atoms with Crippen molar-refractivity contribution in [3.63, 3.8) is 0 Å². The van der Waals surface area contributed by atoms with Crippen LogP contribution >= 0.6 is 0 Å². The molecule has 0 aliphatic heterocycles. The first-order valence-electron chi connectivity index (χ1n) is 9.25. The third-order valence-electron chi connectivity index (χ3n) is 4.72. The van der Waals surface area contributed by atoms with Gasteiger partial charge in [0.15, 0.2) is 0 Å². The first-order valence-corrected chi connectivity index (χ1v) is 10.7. The summed E-state index contributed by atoms with van der Waals surface area (Å²) in [6.45, 7) is 0. The minimum Gasteiger partial charge on any atom is -0.321 e. The van der Waals surface area contributed by atoms with Gasteiger partial charge in [-0.2, -0.15) is 0 Å². The lowest BCUT2D eigenvalue weighted by Gasteiger charge is -2.19. The van der Waals surface area contributed by atoms with Gasteiger partial charge in [-0.05, 0) is 42.5 Å². The number of amides is 1. The van der Waals surface area contributed by atoms with Gasteiger partial charge in [-0.1, -0.05) is 42.5 Å². The van der Waals surface area contributed by atoms with E-state index in [-0.39, 0.29) is 10.5 Å². The number of pyridine rings is 1. The van der Waals surface area contributed by atoms with Crippen LogP contribution < -0.4 is 9.62 Å². The second kappa shape index (κ2) is 7.96. The van der Waals surface area contributed by atoms with Crippen molar-refractivity contribution in [2.75, 3.05) is 16.7 Å². The van der Waals surface area contributed by atoms with E-state index in [0.717, 1.165) is 10.9 Å². The molecule has 6 nitrogen and oxygen atoms in total. The van der Waals surface area contributed by atoms with Crippen LogP contribution in [-0.2, 0) is 10.0 Å². The van der Waals surface area contributed by atoms with Crippen molar-refractivity contribution in [2.45, 2.75) is 4.90 Å². The van der Waals surface area contributed by atoms with Gasteiger partial charge < -0.3 is 5.32 Å². The molecule has 150 valence electrons. The zero-order valence-electron chi connectivity index (χ0n) is 16.2. The number of para-hydroxylation sites is 2. The number of carbonyl (C=O) groups is 1. The van der Waals surface area contributed by atoms with Crippen LogP contribution in [0.2, 0.25) is 0 Å². The number of hydrogen-bond acceptors (Lipinski definition) is 4. The monoisotopic (exact) mass is 417 g/mol. The number of anilines is 2. The molecule has 0 saturated carbocycles. The van der Waals surface area contributed by atoms with Gasteiger partial charge in [0.2, 0.25) is 0 Å². The van der Waals surface area contributed by atoms with E-state index in [1.54, 1.807) is 42.6 Å². The van der Waals surface area contributed by atoms with Gasteiger partial charge in [0.1, 0.15) is 0 Å². The Balaban J connectivity index is 1.59. The molecule has 0 aliphatic rings. The highest BCUT2D eigenvalue weighted by molar-refractivity contribution is 7.92. The van der Waals surface area contributed by atoms with Crippen molar-refractivity contribution in [1.29, 1.82) is 0 Å². The number of fused-ring (bicyclic) bond motifs is 1. The summed E-state index contributed by atoms with van der Waals surface area (Å²) in [6, 6.07) is 24.2. The molecule has 0 unspecified atom stereocenters. The molecule has 0 saturated heterocycles. The fraction of sp³-hybridized carbons (Fsp3) is 0.0435. The average molecular weight is 417 g/mol. The predicted octanol–water partition coefficient (Wildman–Crippen LogP) is 4.31. The summed E-state index contributed by atoms with van der Waals surface area (Å²) in [7, 11) is -2.32.